The molecule has 2 aromatic carbocycles. The summed E-state index contributed by atoms with van der Waals surface area (Å²) in [6, 6.07) is 20.7. The van der Waals surface area contributed by atoms with Crippen LogP contribution in [0.15, 0.2) is 82.3 Å². The molecule has 0 radical (unpaired) electrons. The maximum atomic E-state index is 13.1. The zero-order chi connectivity index (χ0) is 17.7. The molecule has 1 heterocycles. The molecule has 3 rings (SSSR count). The van der Waals surface area contributed by atoms with E-state index < -0.39 is 10.0 Å². The van der Waals surface area contributed by atoms with Crippen LogP contribution >= 0.6 is 0 Å². The Bertz CT molecular complexity index is 958. The molecule has 5 nitrogen and oxygen atoms in total. The van der Waals surface area contributed by atoms with Gasteiger partial charge >= 0.3 is 0 Å². The number of sulfonamides is 1. The van der Waals surface area contributed by atoms with E-state index >= 15 is 0 Å². The third-order valence-electron chi connectivity index (χ3n) is 3.74. The number of nitriles is 1. The van der Waals surface area contributed by atoms with Crippen LogP contribution in [0.4, 0.5) is 0 Å². The second-order valence-corrected chi connectivity index (χ2v) is 7.41. The zero-order valence-corrected chi connectivity index (χ0v) is 14.2. The van der Waals surface area contributed by atoms with Crippen molar-refractivity contribution in [3.63, 3.8) is 0 Å². The van der Waals surface area contributed by atoms with E-state index in [4.69, 9.17) is 9.68 Å². The normalized spacial score (nSPS) is 11.4. The van der Waals surface area contributed by atoms with Gasteiger partial charge in [0.25, 0.3) is 0 Å². The highest BCUT2D eigenvalue weighted by molar-refractivity contribution is 7.89. The van der Waals surface area contributed by atoms with Crippen LogP contribution in [0.5, 0.6) is 0 Å². The van der Waals surface area contributed by atoms with Gasteiger partial charge in [-0.15, -0.1) is 0 Å². The summed E-state index contributed by atoms with van der Waals surface area (Å²) in [7, 11) is -3.74. The maximum Gasteiger partial charge on any atom is 0.243 e. The van der Waals surface area contributed by atoms with Crippen molar-refractivity contribution in [2.24, 2.45) is 0 Å². The first-order valence-corrected chi connectivity index (χ1v) is 9.10. The number of benzene rings is 2. The molecule has 0 amide bonds. The zero-order valence-electron chi connectivity index (χ0n) is 13.4. The summed E-state index contributed by atoms with van der Waals surface area (Å²) < 4.78 is 32.8. The fraction of sp³-hybridized carbons (Fsp3) is 0.105. The predicted molar refractivity (Wildman–Crippen MR) is 92.7 cm³/mol. The summed E-state index contributed by atoms with van der Waals surface area (Å²) in [4.78, 5) is 0.147. The van der Waals surface area contributed by atoms with Crippen LogP contribution in [0.3, 0.4) is 0 Å². The van der Waals surface area contributed by atoms with Crippen LogP contribution in [0.1, 0.15) is 16.9 Å². The topological polar surface area (TPSA) is 74.3 Å². The molecule has 126 valence electrons. The molecule has 3 aromatic rings. The van der Waals surface area contributed by atoms with Gasteiger partial charge in [-0.1, -0.05) is 30.3 Å². The average Bonchev–Trinajstić information content (AvgIpc) is 3.15. The van der Waals surface area contributed by atoms with Crippen molar-refractivity contribution in [2.75, 3.05) is 0 Å². The summed E-state index contributed by atoms with van der Waals surface area (Å²) in [6.45, 7) is 0.355. The van der Waals surface area contributed by atoms with E-state index in [0.29, 0.717) is 11.3 Å². The first-order valence-electron chi connectivity index (χ1n) is 7.66. The van der Waals surface area contributed by atoms with Crippen molar-refractivity contribution in [2.45, 2.75) is 18.0 Å². The van der Waals surface area contributed by atoms with E-state index in [0.717, 1.165) is 5.56 Å². The van der Waals surface area contributed by atoms with E-state index in [1.165, 1.54) is 34.8 Å². The van der Waals surface area contributed by atoms with Crippen molar-refractivity contribution < 1.29 is 12.8 Å². The lowest BCUT2D eigenvalue weighted by molar-refractivity contribution is 0.358. The predicted octanol–water partition coefficient (Wildman–Crippen LogP) is 3.54. The fourth-order valence-corrected chi connectivity index (χ4v) is 3.83. The Labute approximate surface area is 146 Å². The Morgan fingerprint density at radius 3 is 2.24 bits per heavy atom. The molecular formula is C19H16N2O3S. The summed E-state index contributed by atoms with van der Waals surface area (Å²) in [5.41, 5.74) is 1.30. The lowest BCUT2D eigenvalue weighted by Gasteiger charge is -2.21. The Hall–Kier alpha value is -2.88. The molecule has 0 aliphatic rings. The van der Waals surface area contributed by atoms with Gasteiger partial charge in [-0.25, -0.2) is 8.42 Å². The summed E-state index contributed by atoms with van der Waals surface area (Å²) in [5.74, 6) is 0.563. The number of furan rings is 1. The van der Waals surface area contributed by atoms with Crippen molar-refractivity contribution >= 4 is 10.0 Å². The third kappa shape index (κ3) is 3.97. The summed E-state index contributed by atoms with van der Waals surface area (Å²) in [5, 5.41) is 8.88. The quantitative estimate of drug-likeness (QED) is 0.680. The fourth-order valence-electron chi connectivity index (χ4n) is 2.44. The monoisotopic (exact) mass is 352 g/mol. The lowest BCUT2D eigenvalue weighted by atomic mass is 10.2. The number of nitrogens with zero attached hydrogens (tertiary/aromatic N) is 2. The lowest BCUT2D eigenvalue weighted by Crippen LogP contribution is -2.30. The smallest absolute Gasteiger partial charge is 0.243 e. The molecule has 0 spiro atoms. The molecule has 0 aliphatic carbocycles. The first-order chi connectivity index (χ1) is 12.1. The number of rotatable bonds is 6. The van der Waals surface area contributed by atoms with E-state index in [1.807, 2.05) is 36.4 Å². The maximum absolute atomic E-state index is 13.1. The van der Waals surface area contributed by atoms with Gasteiger partial charge in [-0.2, -0.15) is 9.57 Å². The second-order valence-electron chi connectivity index (χ2n) is 5.47. The minimum absolute atomic E-state index is 0.129. The minimum atomic E-state index is -3.74. The van der Waals surface area contributed by atoms with Crippen LogP contribution in [-0.4, -0.2) is 12.7 Å². The van der Waals surface area contributed by atoms with Gasteiger partial charge < -0.3 is 4.42 Å². The second kappa shape index (κ2) is 7.34. The van der Waals surface area contributed by atoms with E-state index in [2.05, 4.69) is 0 Å². The molecule has 1 aromatic heterocycles. The van der Waals surface area contributed by atoms with Crippen molar-refractivity contribution in [3.8, 4) is 6.07 Å². The molecule has 0 saturated carbocycles. The first kappa shape index (κ1) is 17.0. The van der Waals surface area contributed by atoms with Crippen molar-refractivity contribution in [1.29, 1.82) is 5.26 Å². The van der Waals surface area contributed by atoms with E-state index in [9.17, 15) is 8.42 Å². The third-order valence-corrected chi connectivity index (χ3v) is 5.54. The molecule has 0 fully saturated rings. The largest absolute Gasteiger partial charge is 0.468 e. The minimum Gasteiger partial charge on any atom is -0.468 e. The van der Waals surface area contributed by atoms with E-state index in [1.54, 1.807) is 12.1 Å². The van der Waals surface area contributed by atoms with E-state index in [-0.39, 0.29) is 18.0 Å². The highest BCUT2D eigenvalue weighted by Crippen LogP contribution is 2.21. The van der Waals surface area contributed by atoms with Crippen LogP contribution in [0, 0.1) is 11.3 Å². The summed E-state index contributed by atoms with van der Waals surface area (Å²) >= 11 is 0. The van der Waals surface area contributed by atoms with Gasteiger partial charge in [0.1, 0.15) is 5.76 Å². The molecular weight excluding hydrogens is 336 g/mol. The van der Waals surface area contributed by atoms with Gasteiger partial charge in [0, 0.05) is 6.54 Å². The van der Waals surface area contributed by atoms with Crippen molar-refractivity contribution in [3.05, 3.63) is 89.9 Å². The van der Waals surface area contributed by atoms with Gasteiger partial charge in [0.05, 0.1) is 29.3 Å². The highest BCUT2D eigenvalue weighted by atomic mass is 32.2. The molecule has 0 aliphatic heterocycles. The van der Waals surface area contributed by atoms with Gasteiger partial charge in [0.2, 0.25) is 10.0 Å². The SMILES string of the molecule is N#Cc1ccc(S(=O)(=O)N(Cc2ccccc2)Cc2ccco2)cc1. The average molecular weight is 352 g/mol. The molecule has 0 saturated heterocycles. The molecule has 0 atom stereocenters. The number of hydrogen-bond acceptors (Lipinski definition) is 4. The molecule has 0 N–H and O–H groups in total. The Morgan fingerprint density at radius 2 is 1.64 bits per heavy atom. The van der Waals surface area contributed by atoms with Gasteiger partial charge in [0.15, 0.2) is 0 Å². The Kier molecular flexibility index (Phi) is 4.98. The van der Waals surface area contributed by atoms with Crippen LogP contribution < -0.4 is 0 Å². The molecule has 0 unspecified atom stereocenters. The molecule has 25 heavy (non-hydrogen) atoms. The Balaban J connectivity index is 1.95. The Morgan fingerprint density at radius 1 is 0.920 bits per heavy atom. The van der Waals surface area contributed by atoms with Gasteiger partial charge in [-0.05, 0) is 42.0 Å². The molecule has 6 heteroatoms. The molecule has 0 bridgehead atoms. The summed E-state index contributed by atoms with van der Waals surface area (Å²) in [6.07, 6.45) is 1.52. The highest BCUT2D eigenvalue weighted by Gasteiger charge is 2.25. The van der Waals surface area contributed by atoms with Crippen LogP contribution in [0.25, 0.3) is 0 Å². The standard InChI is InChI=1S/C19H16N2O3S/c20-13-16-8-10-19(11-9-16)25(22,23)21(15-18-7-4-12-24-18)14-17-5-2-1-3-6-17/h1-12H,14-15H2. The van der Waals surface area contributed by atoms with Crippen LogP contribution in [-0.2, 0) is 23.1 Å². The van der Waals surface area contributed by atoms with Gasteiger partial charge in [-0.3, -0.25) is 0 Å². The number of hydrogen-bond donors (Lipinski definition) is 0. The van der Waals surface area contributed by atoms with Crippen molar-refractivity contribution in [1.82, 2.24) is 4.31 Å². The van der Waals surface area contributed by atoms with Crippen LogP contribution in [0.2, 0.25) is 0 Å².